The van der Waals surface area contributed by atoms with Crippen molar-refractivity contribution in [1.29, 1.82) is 0 Å². The van der Waals surface area contributed by atoms with Crippen LogP contribution in [0.25, 0.3) is 0 Å². The molecule has 0 saturated carbocycles. The largest absolute Gasteiger partial charge is 1.00 e. The first-order valence-electron chi connectivity index (χ1n) is 12.0. The number of hydrogen-bond donors (Lipinski definition) is 1. The molecule has 0 heterocycles. The Hall–Kier alpha value is 1.51. The van der Waals surface area contributed by atoms with Gasteiger partial charge in [-0.3, -0.25) is 0 Å². The molecule has 0 aliphatic heterocycles. The summed E-state index contributed by atoms with van der Waals surface area (Å²) in [6.45, 7) is 4.01. The molecule has 2 atom stereocenters. The van der Waals surface area contributed by atoms with Crippen LogP contribution >= 0.6 is 0 Å². The van der Waals surface area contributed by atoms with Gasteiger partial charge in [0.05, 0.1) is 16.2 Å². The van der Waals surface area contributed by atoms with Crippen LogP contribution in [0.5, 0.6) is 0 Å². The number of hydrogen-bond acceptors (Lipinski definition) is 4. The molecule has 0 radical (unpaired) electrons. The van der Waals surface area contributed by atoms with Crippen molar-refractivity contribution in [2.75, 3.05) is 0 Å². The molecule has 0 aromatic rings. The maximum atomic E-state index is 11.0. The summed E-state index contributed by atoms with van der Waals surface area (Å²) in [7, 11) is -4.15. The minimum atomic E-state index is -4.15. The fraction of sp³-hybridized carbons (Fsp3) is 1.00. The number of unbranched alkanes of at least 4 members (excludes halogenated alkanes) is 13. The minimum absolute atomic E-state index is 0. The normalized spacial score (nSPS) is 13.8. The first kappa shape index (κ1) is 32.7. The molecule has 0 saturated heterocycles. The van der Waals surface area contributed by atoms with Gasteiger partial charge in [-0.05, 0) is 25.7 Å². The average molecular weight is 459 g/mol. The van der Waals surface area contributed by atoms with Gasteiger partial charge in [0.1, 0.15) is 0 Å². The van der Waals surface area contributed by atoms with Gasteiger partial charge in [0.2, 0.25) is 0 Å². The fourth-order valence-electron chi connectivity index (χ4n) is 3.85. The Balaban J connectivity index is 0. The standard InChI is InChI=1S/C23H48O4S.K/c1-3-5-6-7-8-9-10-11-12-13-14-16-19-22(24)20-17-15-18-21-23(4-2)28(25,26)27;/h22-24H,3-21H2,1-2H3,(H,25,26,27);/q;+1/p-1. The quantitative estimate of drug-likeness (QED) is 0.162. The van der Waals surface area contributed by atoms with Gasteiger partial charge in [0, 0.05) is 5.25 Å². The summed E-state index contributed by atoms with van der Waals surface area (Å²) < 4.78 is 33.1. The summed E-state index contributed by atoms with van der Waals surface area (Å²) in [6.07, 6.45) is 20.8. The molecule has 0 fully saturated rings. The molecule has 6 heteroatoms. The van der Waals surface area contributed by atoms with E-state index in [9.17, 15) is 18.1 Å². The maximum Gasteiger partial charge on any atom is 1.00 e. The molecule has 4 nitrogen and oxygen atoms in total. The summed E-state index contributed by atoms with van der Waals surface area (Å²) in [5, 5.41) is 9.31. The fourth-order valence-corrected chi connectivity index (χ4v) is 4.71. The van der Waals surface area contributed by atoms with Crippen molar-refractivity contribution in [3.63, 3.8) is 0 Å². The van der Waals surface area contributed by atoms with E-state index in [1.54, 1.807) is 6.92 Å². The molecule has 0 aromatic carbocycles. The molecular formula is C23H47KO4S. The summed E-state index contributed by atoms with van der Waals surface area (Å²) in [5.74, 6) is 0. The van der Waals surface area contributed by atoms with Crippen molar-refractivity contribution in [2.45, 2.75) is 147 Å². The van der Waals surface area contributed by atoms with Gasteiger partial charge in [0.15, 0.2) is 0 Å². The summed E-state index contributed by atoms with van der Waals surface area (Å²) in [4.78, 5) is 0. The molecule has 2 unspecified atom stereocenters. The van der Waals surface area contributed by atoms with Crippen molar-refractivity contribution >= 4 is 10.1 Å². The van der Waals surface area contributed by atoms with E-state index in [0.717, 1.165) is 38.5 Å². The summed E-state index contributed by atoms with van der Waals surface area (Å²) in [5.41, 5.74) is 0. The van der Waals surface area contributed by atoms with Crippen LogP contribution in [-0.2, 0) is 10.1 Å². The molecule has 0 amide bonds. The van der Waals surface area contributed by atoms with E-state index in [0.29, 0.717) is 12.8 Å². The van der Waals surface area contributed by atoms with E-state index < -0.39 is 15.4 Å². The topological polar surface area (TPSA) is 77.4 Å². The van der Waals surface area contributed by atoms with Gasteiger partial charge in [-0.25, -0.2) is 8.42 Å². The Kier molecular flexibility index (Phi) is 25.6. The molecule has 0 aliphatic carbocycles. The SMILES string of the molecule is CCCCCCCCCCCCCCC(O)CCCCCC(CC)S(=O)(=O)[O-].[K+]. The van der Waals surface area contributed by atoms with Gasteiger partial charge in [-0.15, -0.1) is 0 Å². The second-order valence-electron chi connectivity index (χ2n) is 8.49. The van der Waals surface area contributed by atoms with E-state index in [4.69, 9.17) is 0 Å². The monoisotopic (exact) mass is 458 g/mol. The molecule has 0 aromatic heterocycles. The van der Waals surface area contributed by atoms with Crippen molar-refractivity contribution in [1.82, 2.24) is 0 Å². The summed E-state index contributed by atoms with van der Waals surface area (Å²) in [6, 6.07) is 0. The van der Waals surface area contributed by atoms with E-state index >= 15 is 0 Å². The molecular weight excluding hydrogens is 411 g/mol. The molecule has 1 N–H and O–H groups in total. The van der Waals surface area contributed by atoms with Crippen molar-refractivity contribution < 1.29 is 69.5 Å². The zero-order chi connectivity index (χ0) is 21.1. The van der Waals surface area contributed by atoms with Crippen molar-refractivity contribution in [3.05, 3.63) is 0 Å². The van der Waals surface area contributed by atoms with Crippen molar-refractivity contribution in [2.24, 2.45) is 0 Å². The first-order chi connectivity index (χ1) is 13.4. The third-order valence-corrected chi connectivity index (χ3v) is 7.20. The average Bonchev–Trinajstić information content (AvgIpc) is 2.64. The minimum Gasteiger partial charge on any atom is -0.748 e. The van der Waals surface area contributed by atoms with Gasteiger partial charge in [-0.1, -0.05) is 110 Å². The van der Waals surface area contributed by atoms with Crippen LogP contribution in [0, 0.1) is 0 Å². The van der Waals surface area contributed by atoms with Gasteiger partial charge in [-0.2, -0.15) is 0 Å². The number of rotatable bonds is 21. The van der Waals surface area contributed by atoms with Crippen LogP contribution in [0.3, 0.4) is 0 Å². The van der Waals surface area contributed by atoms with E-state index in [2.05, 4.69) is 6.92 Å². The van der Waals surface area contributed by atoms with Crippen molar-refractivity contribution in [3.8, 4) is 0 Å². The maximum absolute atomic E-state index is 11.0. The predicted octanol–water partition coefficient (Wildman–Crippen LogP) is 3.72. The van der Waals surface area contributed by atoms with Crippen LogP contribution < -0.4 is 51.4 Å². The van der Waals surface area contributed by atoms with Gasteiger partial charge < -0.3 is 9.66 Å². The van der Waals surface area contributed by atoms with E-state index in [1.165, 1.54) is 70.6 Å². The number of aliphatic hydroxyl groups is 1. The second-order valence-corrected chi connectivity index (χ2v) is 10.1. The predicted molar refractivity (Wildman–Crippen MR) is 119 cm³/mol. The zero-order valence-electron chi connectivity index (χ0n) is 19.7. The number of aliphatic hydroxyl groups excluding tert-OH is 1. The third-order valence-electron chi connectivity index (χ3n) is 5.82. The Morgan fingerprint density at radius 1 is 0.655 bits per heavy atom. The van der Waals surface area contributed by atoms with Crippen LogP contribution in [-0.4, -0.2) is 29.4 Å². The Morgan fingerprint density at radius 3 is 1.38 bits per heavy atom. The molecule has 0 aliphatic rings. The van der Waals surface area contributed by atoms with Gasteiger partial charge in [0.25, 0.3) is 0 Å². The molecule has 29 heavy (non-hydrogen) atoms. The first-order valence-corrected chi connectivity index (χ1v) is 13.5. The van der Waals surface area contributed by atoms with Crippen LogP contribution in [0.1, 0.15) is 136 Å². The smallest absolute Gasteiger partial charge is 0.748 e. The van der Waals surface area contributed by atoms with Crippen LogP contribution in [0.2, 0.25) is 0 Å². The molecule has 170 valence electrons. The van der Waals surface area contributed by atoms with E-state index in [1.807, 2.05) is 0 Å². The van der Waals surface area contributed by atoms with Crippen LogP contribution in [0.4, 0.5) is 0 Å². The Labute approximate surface area is 224 Å². The van der Waals surface area contributed by atoms with Crippen LogP contribution in [0.15, 0.2) is 0 Å². The zero-order valence-corrected chi connectivity index (χ0v) is 23.6. The van der Waals surface area contributed by atoms with Gasteiger partial charge >= 0.3 is 51.4 Å². The second kappa shape index (κ2) is 22.7. The molecule has 0 rings (SSSR count). The Bertz CT molecular complexity index is 429. The molecule has 0 bridgehead atoms. The summed E-state index contributed by atoms with van der Waals surface area (Å²) >= 11 is 0. The third kappa shape index (κ3) is 22.5. The Morgan fingerprint density at radius 2 is 1.00 bits per heavy atom. The molecule has 0 spiro atoms. The van der Waals surface area contributed by atoms with E-state index in [-0.39, 0.29) is 57.5 Å².